The Bertz CT molecular complexity index is 433. The summed E-state index contributed by atoms with van der Waals surface area (Å²) < 4.78 is 0. The number of anilines is 1. The van der Waals surface area contributed by atoms with Crippen molar-refractivity contribution in [2.45, 2.75) is 38.3 Å². The standard InChI is InChI=1S/C16H24N2O/c1-13(19)15-7-2-3-8-16(15)18-11-5-10-17-9-4-6-14(17)12-18/h2-3,7-8,13-14,19H,4-6,9-12H2,1H3/t13-,14?/m1/s1. The average molecular weight is 260 g/mol. The zero-order valence-corrected chi connectivity index (χ0v) is 11.8. The molecule has 0 aromatic heterocycles. The summed E-state index contributed by atoms with van der Waals surface area (Å²) in [5.74, 6) is 0. The van der Waals surface area contributed by atoms with Crippen molar-refractivity contribution in [3.05, 3.63) is 29.8 Å². The van der Waals surface area contributed by atoms with Gasteiger partial charge in [-0.2, -0.15) is 0 Å². The van der Waals surface area contributed by atoms with Gasteiger partial charge in [0, 0.05) is 36.9 Å². The number of nitrogens with zero attached hydrogens (tertiary/aromatic N) is 2. The molecule has 3 nitrogen and oxygen atoms in total. The third-order valence-electron chi connectivity index (χ3n) is 4.53. The van der Waals surface area contributed by atoms with E-state index in [0.717, 1.165) is 18.7 Å². The summed E-state index contributed by atoms with van der Waals surface area (Å²) in [6.07, 6.45) is 3.51. The van der Waals surface area contributed by atoms with Gasteiger partial charge in [0.25, 0.3) is 0 Å². The Labute approximate surface area is 115 Å². The molecule has 2 atom stereocenters. The van der Waals surface area contributed by atoms with Gasteiger partial charge in [-0.15, -0.1) is 0 Å². The van der Waals surface area contributed by atoms with E-state index in [4.69, 9.17) is 0 Å². The Kier molecular flexibility index (Phi) is 3.76. The maximum absolute atomic E-state index is 9.96. The minimum absolute atomic E-state index is 0.390. The van der Waals surface area contributed by atoms with E-state index in [1.165, 1.54) is 38.0 Å². The number of para-hydroxylation sites is 1. The van der Waals surface area contributed by atoms with Gasteiger partial charge in [0.05, 0.1) is 6.10 Å². The number of rotatable bonds is 2. The van der Waals surface area contributed by atoms with Crippen LogP contribution in [0.1, 0.15) is 37.9 Å². The molecule has 0 bridgehead atoms. The van der Waals surface area contributed by atoms with Gasteiger partial charge in [0.1, 0.15) is 0 Å². The van der Waals surface area contributed by atoms with E-state index in [0.29, 0.717) is 6.04 Å². The molecule has 19 heavy (non-hydrogen) atoms. The van der Waals surface area contributed by atoms with Crippen LogP contribution in [0.15, 0.2) is 24.3 Å². The van der Waals surface area contributed by atoms with Crippen molar-refractivity contribution in [2.24, 2.45) is 0 Å². The summed E-state index contributed by atoms with van der Waals surface area (Å²) in [7, 11) is 0. The van der Waals surface area contributed by atoms with Crippen LogP contribution in [0, 0.1) is 0 Å². The Morgan fingerprint density at radius 3 is 2.79 bits per heavy atom. The molecule has 0 aliphatic carbocycles. The molecule has 2 saturated heterocycles. The van der Waals surface area contributed by atoms with Crippen LogP contribution in [0.2, 0.25) is 0 Å². The fourth-order valence-electron chi connectivity index (χ4n) is 3.55. The molecule has 1 unspecified atom stereocenters. The predicted octanol–water partition coefficient (Wildman–Crippen LogP) is 2.41. The average Bonchev–Trinajstić information content (AvgIpc) is 2.76. The zero-order valence-electron chi connectivity index (χ0n) is 11.8. The molecule has 3 rings (SSSR count). The lowest BCUT2D eigenvalue weighted by Gasteiger charge is -2.29. The molecule has 0 radical (unpaired) electrons. The molecule has 104 valence electrons. The van der Waals surface area contributed by atoms with E-state index in [1.807, 2.05) is 13.0 Å². The third kappa shape index (κ3) is 2.63. The van der Waals surface area contributed by atoms with Crippen molar-refractivity contribution in [3.63, 3.8) is 0 Å². The Hall–Kier alpha value is -1.06. The van der Waals surface area contributed by atoms with Crippen molar-refractivity contribution in [1.82, 2.24) is 4.90 Å². The molecule has 2 aliphatic heterocycles. The van der Waals surface area contributed by atoms with Gasteiger partial charge in [-0.25, -0.2) is 0 Å². The van der Waals surface area contributed by atoms with Crippen LogP contribution in [-0.4, -0.2) is 42.2 Å². The van der Waals surface area contributed by atoms with E-state index < -0.39 is 0 Å². The molecule has 1 aromatic carbocycles. The predicted molar refractivity (Wildman–Crippen MR) is 78.5 cm³/mol. The largest absolute Gasteiger partial charge is 0.389 e. The topological polar surface area (TPSA) is 26.7 Å². The number of fused-ring (bicyclic) bond motifs is 1. The molecule has 0 saturated carbocycles. The van der Waals surface area contributed by atoms with E-state index in [-0.39, 0.29) is 6.10 Å². The smallest absolute Gasteiger partial charge is 0.0781 e. The number of aliphatic hydroxyl groups is 1. The van der Waals surface area contributed by atoms with Crippen LogP contribution in [0.3, 0.4) is 0 Å². The number of hydrogen-bond acceptors (Lipinski definition) is 3. The first-order valence-electron chi connectivity index (χ1n) is 7.51. The van der Waals surface area contributed by atoms with E-state index >= 15 is 0 Å². The fourth-order valence-corrected chi connectivity index (χ4v) is 3.55. The van der Waals surface area contributed by atoms with Crippen LogP contribution in [-0.2, 0) is 0 Å². The molecular weight excluding hydrogens is 236 g/mol. The summed E-state index contributed by atoms with van der Waals surface area (Å²) in [6.45, 7) is 6.59. The van der Waals surface area contributed by atoms with Crippen molar-refractivity contribution >= 4 is 5.69 Å². The molecule has 2 aliphatic rings. The van der Waals surface area contributed by atoms with Crippen molar-refractivity contribution in [2.75, 3.05) is 31.1 Å². The van der Waals surface area contributed by atoms with Gasteiger partial charge in [-0.1, -0.05) is 18.2 Å². The number of aliphatic hydroxyl groups excluding tert-OH is 1. The second-order valence-electron chi connectivity index (χ2n) is 5.87. The van der Waals surface area contributed by atoms with E-state index in [2.05, 4.69) is 28.0 Å². The Morgan fingerprint density at radius 2 is 1.95 bits per heavy atom. The van der Waals surface area contributed by atoms with Crippen molar-refractivity contribution in [3.8, 4) is 0 Å². The van der Waals surface area contributed by atoms with E-state index in [1.54, 1.807) is 0 Å². The van der Waals surface area contributed by atoms with Gasteiger partial charge < -0.3 is 10.0 Å². The molecule has 3 heteroatoms. The lowest BCUT2D eigenvalue weighted by atomic mass is 10.1. The van der Waals surface area contributed by atoms with Gasteiger partial charge in [0.2, 0.25) is 0 Å². The van der Waals surface area contributed by atoms with Gasteiger partial charge in [-0.05, 0) is 38.8 Å². The fraction of sp³-hybridized carbons (Fsp3) is 0.625. The van der Waals surface area contributed by atoms with Crippen LogP contribution in [0.5, 0.6) is 0 Å². The van der Waals surface area contributed by atoms with Gasteiger partial charge >= 0.3 is 0 Å². The molecule has 1 aromatic rings. The lowest BCUT2D eigenvalue weighted by molar-refractivity contribution is 0.199. The number of hydrogen-bond donors (Lipinski definition) is 1. The number of benzene rings is 1. The molecule has 2 heterocycles. The highest BCUT2D eigenvalue weighted by Crippen LogP contribution is 2.30. The molecule has 1 N–H and O–H groups in total. The summed E-state index contributed by atoms with van der Waals surface area (Å²) in [5, 5.41) is 9.96. The molecule has 0 amide bonds. The van der Waals surface area contributed by atoms with Crippen molar-refractivity contribution < 1.29 is 5.11 Å². The monoisotopic (exact) mass is 260 g/mol. The van der Waals surface area contributed by atoms with Crippen LogP contribution in [0.25, 0.3) is 0 Å². The highest BCUT2D eigenvalue weighted by atomic mass is 16.3. The normalized spacial score (nSPS) is 26.0. The van der Waals surface area contributed by atoms with Crippen LogP contribution < -0.4 is 4.90 Å². The molecular formula is C16H24N2O. The van der Waals surface area contributed by atoms with Gasteiger partial charge in [0.15, 0.2) is 0 Å². The zero-order chi connectivity index (χ0) is 13.2. The van der Waals surface area contributed by atoms with Gasteiger partial charge in [-0.3, -0.25) is 4.90 Å². The molecule has 2 fully saturated rings. The van der Waals surface area contributed by atoms with Crippen molar-refractivity contribution in [1.29, 1.82) is 0 Å². The summed E-state index contributed by atoms with van der Waals surface area (Å²) >= 11 is 0. The quantitative estimate of drug-likeness (QED) is 0.884. The Balaban J connectivity index is 1.85. The summed E-state index contributed by atoms with van der Waals surface area (Å²) in [6, 6.07) is 9.03. The Morgan fingerprint density at radius 1 is 1.16 bits per heavy atom. The SMILES string of the molecule is C[C@@H](O)c1ccccc1N1CCCN2CCCC2C1. The first-order chi connectivity index (χ1) is 9.25. The van der Waals surface area contributed by atoms with E-state index in [9.17, 15) is 5.11 Å². The highest BCUT2D eigenvalue weighted by molar-refractivity contribution is 5.54. The minimum atomic E-state index is -0.390. The maximum Gasteiger partial charge on any atom is 0.0781 e. The lowest BCUT2D eigenvalue weighted by Crippen LogP contribution is -2.37. The minimum Gasteiger partial charge on any atom is -0.389 e. The summed E-state index contributed by atoms with van der Waals surface area (Å²) in [4.78, 5) is 5.13. The summed E-state index contributed by atoms with van der Waals surface area (Å²) in [5.41, 5.74) is 2.29. The van der Waals surface area contributed by atoms with Crippen LogP contribution >= 0.6 is 0 Å². The first kappa shape index (κ1) is 12.9. The first-order valence-corrected chi connectivity index (χ1v) is 7.51. The third-order valence-corrected chi connectivity index (χ3v) is 4.53. The van der Waals surface area contributed by atoms with Crippen LogP contribution in [0.4, 0.5) is 5.69 Å². The molecule has 0 spiro atoms. The second kappa shape index (κ2) is 5.51. The maximum atomic E-state index is 9.96. The highest BCUT2D eigenvalue weighted by Gasteiger charge is 2.29. The second-order valence-corrected chi connectivity index (χ2v) is 5.87.